The molecular formula is C12H6Cl2F3NO. The van der Waals surface area contributed by atoms with Gasteiger partial charge in [0.15, 0.2) is 11.6 Å². The SMILES string of the molecule is Fc1cncc(-c2ccc(Cl)c(Cl)c2)c1OC(F)F. The molecule has 100 valence electrons. The van der Waals surface area contributed by atoms with Gasteiger partial charge in [-0.3, -0.25) is 4.98 Å². The number of pyridine rings is 1. The van der Waals surface area contributed by atoms with E-state index in [4.69, 9.17) is 23.2 Å². The molecule has 7 heteroatoms. The highest BCUT2D eigenvalue weighted by Gasteiger charge is 2.17. The largest absolute Gasteiger partial charge is 0.431 e. The average Bonchev–Trinajstić information content (AvgIpc) is 2.35. The van der Waals surface area contributed by atoms with E-state index < -0.39 is 18.2 Å². The van der Waals surface area contributed by atoms with E-state index in [9.17, 15) is 13.2 Å². The number of alkyl halides is 2. The quantitative estimate of drug-likeness (QED) is 0.813. The Hall–Kier alpha value is -1.46. The predicted molar refractivity (Wildman–Crippen MR) is 66.3 cm³/mol. The molecule has 0 N–H and O–H groups in total. The summed E-state index contributed by atoms with van der Waals surface area (Å²) in [6.45, 7) is -3.14. The minimum Gasteiger partial charge on any atom is -0.431 e. The van der Waals surface area contributed by atoms with Gasteiger partial charge in [-0.05, 0) is 17.7 Å². The summed E-state index contributed by atoms with van der Waals surface area (Å²) in [7, 11) is 0. The molecule has 0 saturated carbocycles. The van der Waals surface area contributed by atoms with Gasteiger partial charge in [0.1, 0.15) is 0 Å². The van der Waals surface area contributed by atoms with Gasteiger partial charge in [0.2, 0.25) is 0 Å². The van der Waals surface area contributed by atoms with Gasteiger partial charge < -0.3 is 4.74 Å². The third kappa shape index (κ3) is 3.11. The molecule has 0 amide bonds. The van der Waals surface area contributed by atoms with Crippen LogP contribution in [0.1, 0.15) is 0 Å². The maximum absolute atomic E-state index is 13.5. The van der Waals surface area contributed by atoms with Gasteiger partial charge in [-0.1, -0.05) is 29.3 Å². The Balaban J connectivity index is 2.54. The third-order valence-electron chi connectivity index (χ3n) is 2.29. The number of halogens is 5. The van der Waals surface area contributed by atoms with Gasteiger partial charge in [0.05, 0.1) is 16.2 Å². The molecule has 1 aromatic carbocycles. The van der Waals surface area contributed by atoms with Crippen LogP contribution in [-0.4, -0.2) is 11.6 Å². The molecule has 0 spiro atoms. The Labute approximate surface area is 116 Å². The van der Waals surface area contributed by atoms with Crippen molar-refractivity contribution in [1.29, 1.82) is 0 Å². The standard InChI is InChI=1S/C12H6Cl2F3NO/c13-8-2-1-6(3-9(8)14)7-4-18-5-10(15)11(7)19-12(16)17/h1-5,12H. The molecule has 2 rings (SSSR count). The van der Waals surface area contributed by atoms with Crippen LogP contribution in [0.15, 0.2) is 30.6 Å². The Morgan fingerprint density at radius 2 is 1.84 bits per heavy atom. The van der Waals surface area contributed by atoms with Gasteiger partial charge in [0.25, 0.3) is 0 Å². The lowest BCUT2D eigenvalue weighted by Gasteiger charge is -2.11. The van der Waals surface area contributed by atoms with Crippen molar-refractivity contribution in [2.75, 3.05) is 0 Å². The molecule has 0 aliphatic heterocycles. The molecule has 2 aromatic rings. The number of rotatable bonds is 3. The average molecular weight is 308 g/mol. The van der Waals surface area contributed by atoms with Crippen molar-refractivity contribution in [3.05, 3.63) is 46.5 Å². The summed E-state index contributed by atoms with van der Waals surface area (Å²) < 4.78 is 42.2. The number of ether oxygens (including phenoxy) is 1. The molecule has 0 atom stereocenters. The smallest absolute Gasteiger partial charge is 0.387 e. The minimum atomic E-state index is -3.14. The van der Waals surface area contributed by atoms with E-state index in [2.05, 4.69) is 9.72 Å². The van der Waals surface area contributed by atoms with Crippen LogP contribution in [0.5, 0.6) is 5.75 Å². The van der Waals surface area contributed by atoms with E-state index >= 15 is 0 Å². The Kier molecular flexibility index (Phi) is 4.17. The van der Waals surface area contributed by atoms with Crippen LogP contribution in [0.25, 0.3) is 11.1 Å². The molecule has 0 bridgehead atoms. The van der Waals surface area contributed by atoms with Crippen LogP contribution >= 0.6 is 23.2 Å². The van der Waals surface area contributed by atoms with E-state index in [1.807, 2.05) is 0 Å². The highest BCUT2D eigenvalue weighted by molar-refractivity contribution is 6.42. The fraction of sp³-hybridized carbons (Fsp3) is 0.0833. The van der Waals surface area contributed by atoms with E-state index in [0.717, 1.165) is 6.20 Å². The van der Waals surface area contributed by atoms with Crippen LogP contribution in [0.3, 0.4) is 0 Å². The van der Waals surface area contributed by atoms with Gasteiger partial charge >= 0.3 is 6.61 Å². The summed E-state index contributed by atoms with van der Waals surface area (Å²) in [6.07, 6.45) is 2.00. The first-order valence-corrected chi connectivity index (χ1v) is 5.78. The second-order valence-electron chi connectivity index (χ2n) is 3.51. The molecule has 0 aliphatic rings. The lowest BCUT2D eigenvalue weighted by molar-refractivity contribution is -0.0518. The zero-order valence-corrected chi connectivity index (χ0v) is 10.7. The van der Waals surface area contributed by atoms with Crippen LogP contribution in [0, 0.1) is 5.82 Å². The Morgan fingerprint density at radius 3 is 2.47 bits per heavy atom. The monoisotopic (exact) mass is 307 g/mol. The Bertz CT molecular complexity index is 608. The van der Waals surface area contributed by atoms with Gasteiger partial charge in [-0.25, -0.2) is 4.39 Å². The van der Waals surface area contributed by atoms with Crippen molar-refractivity contribution < 1.29 is 17.9 Å². The van der Waals surface area contributed by atoms with E-state index in [1.54, 1.807) is 0 Å². The fourth-order valence-electron chi connectivity index (χ4n) is 1.50. The summed E-state index contributed by atoms with van der Waals surface area (Å²) >= 11 is 11.6. The van der Waals surface area contributed by atoms with E-state index in [0.29, 0.717) is 10.6 Å². The van der Waals surface area contributed by atoms with Crippen molar-refractivity contribution in [3.63, 3.8) is 0 Å². The fourth-order valence-corrected chi connectivity index (χ4v) is 1.80. The topological polar surface area (TPSA) is 22.1 Å². The summed E-state index contributed by atoms with van der Waals surface area (Å²) in [5, 5.41) is 0.512. The molecular weight excluding hydrogens is 302 g/mol. The van der Waals surface area contributed by atoms with Crippen molar-refractivity contribution in [2.24, 2.45) is 0 Å². The zero-order valence-electron chi connectivity index (χ0n) is 9.21. The number of aromatic nitrogens is 1. The molecule has 0 saturated heterocycles. The van der Waals surface area contributed by atoms with Crippen LogP contribution in [-0.2, 0) is 0 Å². The maximum atomic E-state index is 13.5. The van der Waals surface area contributed by atoms with Crippen LogP contribution < -0.4 is 4.74 Å². The minimum absolute atomic E-state index is 0.0684. The van der Waals surface area contributed by atoms with Crippen molar-refractivity contribution in [1.82, 2.24) is 4.98 Å². The van der Waals surface area contributed by atoms with E-state index in [-0.39, 0.29) is 10.6 Å². The highest BCUT2D eigenvalue weighted by atomic mass is 35.5. The predicted octanol–water partition coefficient (Wildman–Crippen LogP) is 4.80. The molecule has 0 fully saturated rings. The summed E-state index contributed by atoms with van der Waals surface area (Å²) in [5.41, 5.74) is 0.441. The van der Waals surface area contributed by atoms with Gasteiger partial charge in [-0.2, -0.15) is 8.78 Å². The lowest BCUT2D eigenvalue weighted by atomic mass is 10.1. The second kappa shape index (κ2) is 5.67. The Morgan fingerprint density at radius 1 is 1.11 bits per heavy atom. The first-order chi connectivity index (χ1) is 8.99. The molecule has 2 nitrogen and oxygen atoms in total. The van der Waals surface area contributed by atoms with Crippen molar-refractivity contribution in [2.45, 2.75) is 6.61 Å². The molecule has 1 heterocycles. The number of benzene rings is 1. The molecule has 1 aromatic heterocycles. The molecule has 0 aliphatic carbocycles. The number of hydrogen-bond acceptors (Lipinski definition) is 2. The van der Waals surface area contributed by atoms with Crippen LogP contribution in [0.4, 0.5) is 13.2 Å². The highest BCUT2D eigenvalue weighted by Crippen LogP contribution is 2.35. The molecule has 0 radical (unpaired) electrons. The maximum Gasteiger partial charge on any atom is 0.387 e. The number of nitrogens with zero attached hydrogens (tertiary/aromatic N) is 1. The first-order valence-electron chi connectivity index (χ1n) is 5.02. The summed E-state index contributed by atoms with van der Waals surface area (Å²) in [4.78, 5) is 3.60. The zero-order chi connectivity index (χ0) is 14.0. The van der Waals surface area contributed by atoms with Crippen molar-refractivity contribution in [3.8, 4) is 16.9 Å². The lowest BCUT2D eigenvalue weighted by Crippen LogP contribution is -2.05. The normalized spacial score (nSPS) is 10.8. The van der Waals surface area contributed by atoms with E-state index in [1.165, 1.54) is 24.4 Å². The summed E-state index contributed by atoms with van der Waals surface area (Å²) in [6, 6.07) is 4.39. The van der Waals surface area contributed by atoms with Crippen LogP contribution in [0.2, 0.25) is 10.0 Å². The first kappa shape index (κ1) is 14.0. The third-order valence-corrected chi connectivity index (χ3v) is 3.03. The summed E-state index contributed by atoms with van der Waals surface area (Å²) in [5.74, 6) is -1.56. The second-order valence-corrected chi connectivity index (χ2v) is 4.32. The number of hydrogen-bond donors (Lipinski definition) is 0. The van der Waals surface area contributed by atoms with Gasteiger partial charge in [-0.15, -0.1) is 0 Å². The van der Waals surface area contributed by atoms with Crippen molar-refractivity contribution >= 4 is 23.2 Å². The molecule has 0 unspecified atom stereocenters. The molecule has 19 heavy (non-hydrogen) atoms. The van der Waals surface area contributed by atoms with Gasteiger partial charge in [0, 0.05) is 11.8 Å².